The molecule has 0 saturated carbocycles. The Morgan fingerprint density at radius 3 is 2.67 bits per heavy atom. The summed E-state index contributed by atoms with van der Waals surface area (Å²) in [5, 5.41) is 0. The van der Waals surface area contributed by atoms with Crippen LogP contribution in [0.5, 0.6) is 0 Å². The summed E-state index contributed by atoms with van der Waals surface area (Å²) < 4.78 is 11.3. The quantitative estimate of drug-likeness (QED) is 0.752. The van der Waals surface area contributed by atoms with Crippen LogP contribution in [-0.4, -0.2) is 66.8 Å². The minimum atomic E-state index is -0.187. The molecule has 4 heterocycles. The van der Waals surface area contributed by atoms with Crippen LogP contribution in [0.1, 0.15) is 30.3 Å². The average molecular weight is 332 g/mol. The van der Waals surface area contributed by atoms with E-state index in [4.69, 9.17) is 19.4 Å². The van der Waals surface area contributed by atoms with E-state index in [1.165, 1.54) is 0 Å². The van der Waals surface area contributed by atoms with Crippen LogP contribution < -0.4 is 4.90 Å². The summed E-state index contributed by atoms with van der Waals surface area (Å²) >= 11 is 0. The molecule has 3 aliphatic rings. The summed E-state index contributed by atoms with van der Waals surface area (Å²) in [6.45, 7) is 9.39. The molecule has 1 atom stereocenters. The van der Waals surface area contributed by atoms with Crippen molar-refractivity contribution in [3.8, 4) is 0 Å². The number of likely N-dealkylation sites (tertiary alicyclic amines) is 1. The Kier molecular flexibility index (Phi) is 3.92. The third-order valence-electron chi connectivity index (χ3n) is 5.42. The van der Waals surface area contributed by atoms with E-state index in [1.54, 1.807) is 6.92 Å². The molecule has 130 valence electrons. The van der Waals surface area contributed by atoms with E-state index in [0.717, 1.165) is 49.0 Å². The molecule has 7 nitrogen and oxygen atoms in total. The number of hydrogen-bond acceptors (Lipinski definition) is 6. The number of rotatable bonds is 1. The first-order chi connectivity index (χ1) is 11.6. The van der Waals surface area contributed by atoms with Crippen molar-refractivity contribution in [2.24, 2.45) is 0 Å². The van der Waals surface area contributed by atoms with E-state index in [9.17, 15) is 4.79 Å². The summed E-state index contributed by atoms with van der Waals surface area (Å²) in [5.41, 5.74) is 2.99. The highest BCUT2D eigenvalue weighted by molar-refractivity contribution is 5.74. The maximum Gasteiger partial charge on any atom is 0.225 e. The SMILES string of the molecule is CC(=O)N1CC[C@]2(COCc3c(C)nc(N4CCOCC4)nc32)C1. The van der Waals surface area contributed by atoms with Crippen LogP contribution in [0.3, 0.4) is 0 Å². The zero-order valence-corrected chi connectivity index (χ0v) is 14.4. The molecule has 2 fully saturated rings. The second kappa shape index (κ2) is 5.97. The largest absolute Gasteiger partial charge is 0.378 e. The van der Waals surface area contributed by atoms with E-state index in [-0.39, 0.29) is 11.3 Å². The van der Waals surface area contributed by atoms with Gasteiger partial charge in [-0.1, -0.05) is 0 Å². The first-order valence-electron chi connectivity index (χ1n) is 8.63. The number of aromatic nitrogens is 2. The van der Waals surface area contributed by atoms with Crippen LogP contribution in [0.15, 0.2) is 0 Å². The molecule has 4 rings (SSSR count). The average Bonchev–Trinajstić information content (AvgIpc) is 3.02. The predicted octanol–water partition coefficient (Wildman–Crippen LogP) is 0.642. The summed E-state index contributed by atoms with van der Waals surface area (Å²) in [6, 6.07) is 0. The van der Waals surface area contributed by atoms with E-state index < -0.39 is 0 Å². The number of amides is 1. The molecule has 24 heavy (non-hydrogen) atoms. The number of hydrogen-bond donors (Lipinski definition) is 0. The number of ether oxygens (including phenoxy) is 2. The second-order valence-corrected chi connectivity index (χ2v) is 7.00. The van der Waals surface area contributed by atoms with Gasteiger partial charge < -0.3 is 19.3 Å². The van der Waals surface area contributed by atoms with Crippen molar-refractivity contribution >= 4 is 11.9 Å². The highest BCUT2D eigenvalue weighted by Gasteiger charge is 2.46. The van der Waals surface area contributed by atoms with Gasteiger partial charge in [0, 0.05) is 44.4 Å². The monoisotopic (exact) mass is 332 g/mol. The van der Waals surface area contributed by atoms with E-state index in [2.05, 4.69) is 4.90 Å². The van der Waals surface area contributed by atoms with E-state index in [0.29, 0.717) is 33.0 Å². The lowest BCUT2D eigenvalue weighted by atomic mass is 9.80. The molecule has 2 saturated heterocycles. The molecule has 1 aromatic heterocycles. The molecule has 1 aromatic rings. The van der Waals surface area contributed by atoms with Gasteiger partial charge in [-0.05, 0) is 13.3 Å². The van der Waals surface area contributed by atoms with Crippen LogP contribution in [0.4, 0.5) is 5.95 Å². The van der Waals surface area contributed by atoms with Crippen molar-refractivity contribution in [3.05, 3.63) is 17.0 Å². The van der Waals surface area contributed by atoms with Crippen LogP contribution in [0.25, 0.3) is 0 Å². The van der Waals surface area contributed by atoms with Gasteiger partial charge >= 0.3 is 0 Å². The number of fused-ring (bicyclic) bond motifs is 2. The first kappa shape index (κ1) is 15.8. The Labute approximate surface area is 142 Å². The number of nitrogens with zero attached hydrogens (tertiary/aromatic N) is 4. The minimum Gasteiger partial charge on any atom is -0.378 e. The number of carbonyl (C=O) groups is 1. The fraction of sp³-hybridized carbons (Fsp3) is 0.706. The maximum absolute atomic E-state index is 11.8. The Morgan fingerprint density at radius 1 is 1.17 bits per heavy atom. The molecule has 0 bridgehead atoms. The van der Waals surface area contributed by atoms with Crippen molar-refractivity contribution in [3.63, 3.8) is 0 Å². The van der Waals surface area contributed by atoms with Gasteiger partial charge in [-0.15, -0.1) is 0 Å². The number of carbonyl (C=O) groups excluding carboxylic acids is 1. The predicted molar refractivity (Wildman–Crippen MR) is 88.0 cm³/mol. The van der Waals surface area contributed by atoms with Gasteiger partial charge in [0.05, 0.1) is 37.5 Å². The van der Waals surface area contributed by atoms with Crippen molar-refractivity contribution in [2.45, 2.75) is 32.3 Å². The van der Waals surface area contributed by atoms with Gasteiger partial charge in [-0.3, -0.25) is 4.79 Å². The first-order valence-corrected chi connectivity index (χ1v) is 8.63. The smallest absolute Gasteiger partial charge is 0.225 e. The number of anilines is 1. The molecule has 1 amide bonds. The van der Waals surface area contributed by atoms with Crippen molar-refractivity contribution in [1.82, 2.24) is 14.9 Å². The van der Waals surface area contributed by atoms with Gasteiger partial charge in [0.2, 0.25) is 11.9 Å². The van der Waals surface area contributed by atoms with Gasteiger partial charge in [0.15, 0.2) is 0 Å². The standard InChI is InChI=1S/C17H24N4O3/c1-12-14-9-24-11-17(3-4-21(10-17)13(2)22)15(14)19-16(18-12)20-5-7-23-8-6-20/h3-11H2,1-2H3/t17-/m1/s1. The molecule has 0 unspecified atom stereocenters. The molecule has 0 N–H and O–H groups in total. The Morgan fingerprint density at radius 2 is 1.96 bits per heavy atom. The molecule has 7 heteroatoms. The van der Waals surface area contributed by atoms with Gasteiger partial charge in [-0.2, -0.15) is 0 Å². The molecule has 0 radical (unpaired) electrons. The third kappa shape index (κ3) is 2.56. The Balaban J connectivity index is 1.73. The van der Waals surface area contributed by atoms with Crippen LogP contribution in [0.2, 0.25) is 0 Å². The molecular formula is C17H24N4O3. The zero-order chi connectivity index (χ0) is 16.7. The lowest BCUT2D eigenvalue weighted by Crippen LogP contribution is -2.43. The summed E-state index contributed by atoms with van der Waals surface area (Å²) in [6.07, 6.45) is 0.901. The van der Waals surface area contributed by atoms with Gasteiger partial charge in [0.1, 0.15) is 0 Å². The van der Waals surface area contributed by atoms with Crippen LogP contribution >= 0.6 is 0 Å². The lowest BCUT2D eigenvalue weighted by Gasteiger charge is -2.36. The maximum atomic E-state index is 11.8. The summed E-state index contributed by atoms with van der Waals surface area (Å²) in [4.78, 5) is 25.6. The van der Waals surface area contributed by atoms with Crippen molar-refractivity contribution < 1.29 is 14.3 Å². The summed E-state index contributed by atoms with van der Waals surface area (Å²) in [7, 11) is 0. The van der Waals surface area contributed by atoms with Crippen LogP contribution in [-0.2, 0) is 26.3 Å². The molecule has 0 aromatic carbocycles. The third-order valence-corrected chi connectivity index (χ3v) is 5.42. The number of aryl methyl sites for hydroxylation is 1. The van der Waals surface area contributed by atoms with Crippen LogP contribution in [0, 0.1) is 6.92 Å². The molecule has 0 aliphatic carbocycles. The zero-order valence-electron chi connectivity index (χ0n) is 14.4. The van der Waals surface area contributed by atoms with Gasteiger partial charge in [-0.25, -0.2) is 9.97 Å². The topological polar surface area (TPSA) is 67.8 Å². The second-order valence-electron chi connectivity index (χ2n) is 7.00. The Hall–Kier alpha value is -1.73. The van der Waals surface area contributed by atoms with E-state index in [1.807, 2.05) is 11.8 Å². The fourth-order valence-electron chi connectivity index (χ4n) is 3.97. The molecule has 1 spiro atoms. The lowest BCUT2D eigenvalue weighted by molar-refractivity contribution is -0.128. The molecular weight excluding hydrogens is 308 g/mol. The summed E-state index contributed by atoms with van der Waals surface area (Å²) in [5.74, 6) is 0.912. The molecule has 3 aliphatic heterocycles. The minimum absolute atomic E-state index is 0.123. The fourth-order valence-corrected chi connectivity index (χ4v) is 3.97. The Bertz CT molecular complexity index is 659. The van der Waals surface area contributed by atoms with Crippen molar-refractivity contribution in [1.29, 1.82) is 0 Å². The van der Waals surface area contributed by atoms with Crippen molar-refractivity contribution in [2.75, 3.05) is 50.9 Å². The van der Waals surface area contributed by atoms with E-state index >= 15 is 0 Å². The highest BCUT2D eigenvalue weighted by atomic mass is 16.5. The normalized spacial score (nSPS) is 26.8. The van der Waals surface area contributed by atoms with Gasteiger partial charge in [0.25, 0.3) is 0 Å². The highest BCUT2D eigenvalue weighted by Crippen LogP contribution is 2.40. The number of morpholine rings is 1.